The first-order valence-corrected chi connectivity index (χ1v) is 5.52. The average molecular weight is 284 g/mol. The van der Waals surface area contributed by atoms with E-state index < -0.39 is 17.5 Å². The van der Waals surface area contributed by atoms with Gasteiger partial charge in [-0.25, -0.2) is 13.8 Å². The molecule has 0 unspecified atom stereocenters. The number of nitrogens with two attached hydrogens (primary N) is 1. The Balaban J connectivity index is 2.28. The molecule has 0 spiro atoms. The van der Waals surface area contributed by atoms with E-state index in [4.69, 9.17) is 17.3 Å². The van der Waals surface area contributed by atoms with Gasteiger partial charge in [-0.05, 0) is 24.3 Å². The van der Waals surface area contributed by atoms with E-state index in [2.05, 4.69) is 10.3 Å². The third-order valence-corrected chi connectivity index (χ3v) is 2.47. The van der Waals surface area contributed by atoms with Crippen molar-refractivity contribution in [3.8, 4) is 0 Å². The lowest BCUT2D eigenvalue weighted by molar-refractivity contribution is 0.102. The van der Waals surface area contributed by atoms with Crippen molar-refractivity contribution in [1.29, 1.82) is 0 Å². The fourth-order valence-corrected chi connectivity index (χ4v) is 1.68. The summed E-state index contributed by atoms with van der Waals surface area (Å²) in [5, 5.41) is 2.48. The maximum Gasteiger partial charge on any atom is 0.259 e. The molecular formula is C12H8ClF2N3O. The predicted octanol–water partition coefficient (Wildman–Crippen LogP) is 2.85. The number of halogens is 3. The summed E-state index contributed by atoms with van der Waals surface area (Å²) in [6.07, 6.45) is 0.894. The molecule has 0 fully saturated rings. The fraction of sp³-hybridized carbons (Fsp3) is 0. The number of amides is 1. The third-order valence-electron chi connectivity index (χ3n) is 2.25. The number of nitrogens with one attached hydrogen (secondary N) is 1. The van der Waals surface area contributed by atoms with E-state index in [1.54, 1.807) is 0 Å². The predicted molar refractivity (Wildman–Crippen MR) is 68.0 cm³/mol. The zero-order valence-corrected chi connectivity index (χ0v) is 10.2. The van der Waals surface area contributed by atoms with Gasteiger partial charge < -0.3 is 11.1 Å². The largest absolute Gasteiger partial charge is 0.383 e. The minimum absolute atomic E-state index is 0.124. The van der Waals surface area contributed by atoms with E-state index >= 15 is 0 Å². The van der Waals surface area contributed by atoms with E-state index in [0.717, 1.165) is 24.4 Å². The molecule has 0 bridgehead atoms. The van der Waals surface area contributed by atoms with Gasteiger partial charge in [0.2, 0.25) is 0 Å². The number of hydrogen-bond acceptors (Lipinski definition) is 3. The van der Waals surface area contributed by atoms with Crippen LogP contribution in [0, 0.1) is 11.6 Å². The summed E-state index contributed by atoms with van der Waals surface area (Å²) in [6, 6.07) is 4.46. The van der Waals surface area contributed by atoms with Crippen molar-refractivity contribution < 1.29 is 13.6 Å². The van der Waals surface area contributed by atoms with Crippen molar-refractivity contribution in [2.75, 3.05) is 11.1 Å². The summed E-state index contributed by atoms with van der Waals surface area (Å²) in [6.45, 7) is 0. The van der Waals surface area contributed by atoms with E-state index in [1.165, 1.54) is 6.07 Å². The topological polar surface area (TPSA) is 68.0 Å². The lowest BCUT2D eigenvalue weighted by Crippen LogP contribution is -2.15. The van der Waals surface area contributed by atoms with Crippen LogP contribution >= 0.6 is 11.6 Å². The monoisotopic (exact) mass is 283 g/mol. The maximum absolute atomic E-state index is 13.1. The van der Waals surface area contributed by atoms with Gasteiger partial charge in [0.25, 0.3) is 5.91 Å². The first-order valence-electron chi connectivity index (χ1n) is 5.14. The highest BCUT2D eigenvalue weighted by Gasteiger charge is 2.13. The summed E-state index contributed by atoms with van der Waals surface area (Å²) in [4.78, 5) is 15.4. The third kappa shape index (κ3) is 3.17. The zero-order valence-electron chi connectivity index (χ0n) is 9.45. The quantitative estimate of drug-likeness (QED) is 0.890. The average Bonchev–Trinajstić information content (AvgIpc) is 2.30. The fourth-order valence-electron chi connectivity index (χ4n) is 1.46. The van der Waals surface area contributed by atoms with Crippen LogP contribution in [0.2, 0.25) is 5.02 Å². The second kappa shape index (κ2) is 5.19. The number of aromatic nitrogens is 1. The molecule has 0 saturated heterocycles. The number of benzene rings is 1. The molecule has 0 radical (unpaired) electrons. The van der Waals surface area contributed by atoms with Gasteiger partial charge >= 0.3 is 0 Å². The second-order valence-corrected chi connectivity index (χ2v) is 4.14. The van der Waals surface area contributed by atoms with Crippen LogP contribution in [0.1, 0.15) is 10.4 Å². The van der Waals surface area contributed by atoms with Gasteiger partial charge in [-0.3, -0.25) is 4.79 Å². The molecule has 2 rings (SSSR count). The summed E-state index contributed by atoms with van der Waals surface area (Å²) in [5.74, 6) is -2.13. The molecule has 0 atom stereocenters. The number of carbonyl (C=O) groups is 1. The maximum atomic E-state index is 13.1. The van der Waals surface area contributed by atoms with Crippen molar-refractivity contribution in [3.05, 3.63) is 52.7 Å². The van der Waals surface area contributed by atoms with Gasteiger partial charge in [-0.1, -0.05) is 11.6 Å². The Morgan fingerprint density at radius 1 is 1.21 bits per heavy atom. The van der Waals surface area contributed by atoms with E-state index in [1.807, 2.05) is 0 Å². The van der Waals surface area contributed by atoms with Gasteiger partial charge in [0, 0.05) is 10.7 Å². The Bertz CT molecular complexity index is 629. The molecule has 1 aromatic heterocycles. The summed E-state index contributed by atoms with van der Waals surface area (Å²) in [7, 11) is 0. The highest BCUT2D eigenvalue weighted by atomic mass is 35.5. The SMILES string of the molecule is Nc1ncc(F)cc1C(=O)Nc1cc(F)cc(Cl)c1. The molecule has 1 heterocycles. The van der Waals surface area contributed by atoms with Crippen LogP contribution in [0.4, 0.5) is 20.3 Å². The second-order valence-electron chi connectivity index (χ2n) is 3.70. The number of carbonyl (C=O) groups excluding carboxylic acids is 1. The van der Waals surface area contributed by atoms with Crippen LogP contribution in [-0.4, -0.2) is 10.9 Å². The molecule has 1 amide bonds. The van der Waals surface area contributed by atoms with Crippen LogP contribution in [-0.2, 0) is 0 Å². The Kier molecular flexibility index (Phi) is 3.62. The number of nitrogens with zero attached hydrogens (tertiary/aromatic N) is 1. The van der Waals surface area contributed by atoms with Crippen molar-refractivity contribution in [1.82, 2.24) is 4.98 Å². The first-order chi connectivity index (χ1) is 8.95. The van der Waals surface area contributed by atoms with Gasteiger partial charge in [0.1, 0.15) is 17.5 Å². The molecule has 3 N–H and O–H groups in total. The number of hydrogen-bond donors (Lipinski definition) is 2. The molecule has 0 aliphatic rings. The Morgan fingerprint density at radius 2 is 1.95 bits per heavy atom. The molecule has 2 aromatic rings. The summed E-state index contributed by atoms with van der Waals surface area (Å²) in [5.41, 5.74) is 5.46. The number of nitrogen functional groups attached to an aromatic ring is 1. The molecule has 0 aliphatic carbocycles. The lowest BCUT2D eigenvalue weighted by atomic mass is 10.2. The van der Waals surface area contributed by atoms with Crippen LogP contribution in [0.3, 0.4) is 0 Å². The normalized spacial score (nSPS) is 10.3. The van der Waals surface area contributed by atoms with E-state index in [9.17, 15) is 13.6 Å². The first kappa shape index (κ1) is 13.2. The van der Waals surface area contributed by atoms with Gasteiger partial charge in [0.05, 0.1) is 11.8 Å². The standard InChI is InChI=1S/C12H8ClF2N3O/c13-6-1-7(14)3-9(2-6)18-12(19)10-4-8(15)5-17-11(10)16/h1-5H,(H2,16,17)(H,18,19). The molecule has 0 aliphatic heterocycles. The Labute approximate surface area is 112 Å². The van der Waals surface area contributed by atoms with Gasteiger partial charge in [-0.15, -0.1) is 0 Å². The van der Waals surface area contributed by atoms with Gasteiger partial charge in [-0.2, -0.15) is 0 Å². The van der Waals surface area contributed by atoms with Crippen molar-refractivity contribution in [2.24, 2.45) is 0 Å². The van der Waals surface area contributed by atoms with Gasteiger partial charge in [0.15, 0.2) is 0 Å². The van der Waals surface area contributed by atoms with Crippen LogP contribution < -0.4 is 11.1 Å². The molecule has 98 valence electrons. The highest BCUT2D eigenvalue weighted by Crippen LogP contribution is 2.19. The molecule has 19 heavy (non-hydrogen) atoms. The Morgan fingerprint density at radius 3 is 2.63 bits per heavy atom. The van der Waals surface area contributed by atoms with Crippen molar-refractivity contribution in [3.63, 3.8) is 0 Å². The molecule has 4 nitrogen and oxygen atoms in total. The molecule has 1 aromatic carbocycles. The number of rotatable bonds is 2. The number of pyridine rings is 1. The molecular weight excluding hydrogens is 276 g/mol. The summed E-state index contributed by atoms with van der Waals surface area (Å²) >= 11 is 5.65. The zero-order chi connectivity index (χ0) is 14.0. The number of anilines is 2. The minimum Gasteiger partial charge on any atom is -0.383 e. The minimum atomic E-state index is -0.703. The van der Waals surface area contributed by atoms with Crippen molar-refractivity contribution >= 4 is 29.0 Å². The van der Waals surface area contributed by atoms with Crippen molar-refractivity contribution in [2.45, 2.75) is 0 Å². The van der Waals surface area contributed by atoms with Crippen LogP contribution in [0.15, 0.2) is 30.5 Å². The van der Waals surface area contributed by atoms with E-state index in [-0.39, 0.29) is 22.1 Å². The Hall–Kier alpha value is -2.21. The molecule has 0 saturated carbocycles. The van der Waals surface area contributed by atoms with E-state index in [0.29, 0.717) is 0 Å². The lowest BCUT2D eigenvalue weighted by Gasteiger charge is -2.07. The summed E-state index contributed by atoms with van der Waals surface area (Å²) < 4.78 is 26.1. The smallest absolute Gasteiger partial charge is 0.259 e. The molecule has 7 heteroatoms. The van der Waals surface area contributed by atoms with Crippen LogP contribution in [0.25, 0.3) is 0 Å². The highest BCUT2D eigenvalue weighted by molar-refractivity contribution is 6.31. The van der Waals surface area contributed by atoms with Crippen LogP contribution in [0.5, 0.6) is 0 Å².